The van der Waals surface area contributed by atoms with Crippen molar-refractivity contribution in [1.29, 1.82) is 0 Å². The van der Waals surface area contributed by atoms with E-state index in [2.05, 4.69) is 0 Å². The highest BCUT2D eigenvalue weighted by Gasteiger charge is 2.55. The summed E-state index contributed by atoms with van der Waals surface area (Å²) in [5, 5.41) is 19.2. The Hall–Kier alpha value is -2.40. The molecule has 3 N–H and O–H groups in total. The smallest absolute Gasteiger partial charge is 0.329 e. The van der Waals surface area contributed by atoms with Gasteiger partial charge in [-0.2, -0.15) is 0 Å². The number of benzene rings is 1. The minimum atomic E-state index is -3.33. The SMILES string of the molecule is Cc1c(N2CC(F)C(CC3(O)CC3O)C2)c(F)c(C(F)F)c2c(=O)[nH]c(=O)n(C3CC3)c12. The molecule has 1 aromatic heterocycles. The molecule has 2 saturated carbocycles. The topological polar surface area (TPSA) is 98.6 Å². The van der Waals surface area contributed by atoms with E-state index in [0.29, 0.717) is 12.8 Å². The van der Waals surface area contributed by atoms with Crippen LogP contribution in [0.2, 0.25) is 0 Å². The number of rotatable bonds is 5. The lowest BCUT2D eigenvalue weighted by Gasteiger charge is -2.25. The van der Waals surface area contributed by atoms with E-state index in [1.54, 1.807) is 0 Å². The van der Waals surface area contributed by atoms with E-state index in [1.165, 1.54) is 16.4 Å². The second-order valence-electron chi connectivity index (χ2n) is 9.29. The van der Waals surface area contributed by atoms with Gasteiger partial charge in [0.2, 0.25) is 0 Å². The van der Waals surface area contributed by atoms with Crippen molar-refractivity contribution >= 4 is 16.6 Å². The summed E-state index contributed by atoms with van der Waals surface area (Å²) in [5.41, 5.74) is -4.52. The molecule has 1 saturated heterocycles. The maximum absolute atomic E-state index is 15.5. The molecule has 174 valence electrons. The molecular formula is C21H23F4N3O4. The van der Waals surface area contributed by atoms with Crippen molar-refractivity contribution in [2.24, 2.45) is 5.92 Å². The molecule has 7 nitrogen and oxygen atoms in total. The van der Waals surface area contributed by atoms with E-state index in [4.69, 9.17) is 0 Å². The number of anilines is 1. The minimum Gasteiger partial charge on any atom is -0.390 e. The molecule has 0 spiro atoms. The van der Waals surface area contributed by atoms with E-state index in [9.17, 15) is 33.0 Å². The summed E-state index contributed by atoms with van der Waals surface area (Å²) < 4.78 is 59.4. The van der Waals surface area contributed by atoms with Gasteiger partial charge in [-0.05, 0) is 26.2 Å². The molecule has 2 aromatic rings. The summed E-state index contributed by atoms with van der Waals surface area (Å²) in [6.45, 7) is 1.09. The Morgan fingerprint density at radius 3 is 2.47 bits per heavy atom. The second-order valence-corrected chi connectivity index (χ2v) is 9.29. The number of H-pyrrole nitrogens is 1. The summed E-state index contributed by atoms with van der Waals surface area (Å²) >= 11 is 0. The highest BCUT2D eigenvalue weighted by molar-refractivity contribution is 5.90. The zero-order chi connectivity index (χ0) is 23.1. The van der Waals surface area contributed by atoms with Gasteiger partial charge in [-0.25, -0.2) is 22.4 Å². The molecule has 1 aromatic carbocycles. The molecule has 3 aliphatic rings. The van der Waals surface area contributed by atoms with Crippen LogP contribution in [0.15, 0.2) is 9.59 Å². The van der Waals surface area contributed by atoms with Crippen LogP contribution in [0.5, 0.6) is 0 Å². The predicted octanol–water partition coefficient (Wildman–Crippen LogP) is 2.07. The van der Waals surface area contributed by atoms with Crippen molar-refractivity contribution in [2.45, 2.75) is 63.0 Å². The molecule has 4 atom stereocenters. The quantitative estimate of drug-likeness (QED) is 0.598. The third-order valence-corrected chi connectivity index (χ3v) is 7.00. The fourth-order valence-electron chi connectivity index (χ4n) is 5.10. The molecule has 3 fully saturated rings. The van der Waals surface area contributed by atoms with Gasteiger partial charge in [0.25, 0.3) is 12.0 Å². The molecule has 0 amide bonds. The molecule has 11 heteroatoms. The van der Waals surface area contributed by atoms with Gasteiger partial charge in [0, 0.05) is 37.0 Å². The molecule has 0 radical (unpaired) electrons. The first-order valence-corrected chi connectivity index (χ1v) is 10.6. The van der Waals surface area contributed by atoms with Gasteiger partial charge in [-0.1, -0.05) is 0 Å². The number of aryl methyl sites for hydroxylation is 1. The largest absolute Gasteiger partial charge is 0.390 e. The van der Waals surface area contributed by atoms with E-state index >= 15 is 4.39 Å². The van der Waals surface area contributed by atoms with Crippen LogP contribution >= 0.6 is 0 Å². The Morgan fingerprint density at radius 2 is 1.91 bits per heavy atom. The van der Waals surface area contributed by atoms with Crippen LogP contribution in [-0.4, -0.2) is 50.7 Å². The van der Waals surface area contributed by atoms with Gasteiger partial charge in [0.1, 0.15) is 6.17 Å². The molecule has 2 heterocycles. The number of nitrogens with one attached hydrogen (secondary N) is 1. The van der Waals surface area contributed by atoms with Crippen molar-refractivity contribution < 1.29 is 27.8 Å². The Balaban J connectivity index is 1.68. The minimum absolute atomic E-state index is 0.0335. The third-order valence-electron chi connectivity index (χ3n) is 7.00. The predicted molar refractivity (Wildman–Crippen MR) is 108 cm³/mol. The Kier molecular flexibility index (Phi) is 4.72. The average molecular weight is 457 g/mol. The zero-order valence-electron chi connectivity index (χ0n) is 17.2. The number of halogens is 4. The highest BCUT2D eigenvalue weighted by Crippen LogP contribution is 2.46. The fraction of sp³-hybridized carbons (Fsp3) is 0.619. The standard InChI is InChI=1S/C21H23F4N3O4/c1-8-16-14(19(30)26-20(31)28(16)10-2-3-10)13(18(24)25)15(23)17(8)27-6-9(11(22)7-27)4-21(32)5-12(21)29/h9-12,18,29,32H,2-7H2,1H3,(H,26,30,31). The fourth-order valence-corrected chi connectivity index (χ4v) is 5.10. The van der Waals surface area contributed by atoms with Crippen LogP contribution in [0.3, 0.4) is 0 Å². The summed E-state index contributed by atoms with van der Waals surface area (Å²) in [5.74, 6) is -2.04. The molecule has 1 aliphatic heterocycles. The zero-order valence-corrected chi connectivity index (χ0v) is 17.2. The van der Waals surface area contributed by atoms with E-state index < -0.39 is 58.2 Å². The van der Waals surface area contributed by atoms with Gasteiger partial charge < -0.3 is 15.1 Å². The van der Waals surface area contributed by atoms with Crippen molar-refractivity contribution in [2.75, 3.05) is 18.0 Å². The summed E-state index contributed by atoms with van der Waals surface area (Å²) in [6.07, 6.45) is -4.40. The van der Waals surface area contributed by atoms with Gasteiger partial charge in [-0.3, -0.25) is 14.3 Å². The molecule has 32 heavy (non-hydrogen) atoms. The summed E-state index contributed by atoms with van der Waals surface area (Å²) in [6, 6.07) is -0.282. The number of aliphatic hydroxyl groups excluding tert-OH is 1. The third kappa shape index (κ3) is 3.16. The maximum atomic E-state index is 15.5. The van der Waals surface area contributed by atoms with Crippen molar-refractivity contribution in [3.63, 3.8) is 0 Å². The lowest BCUT2D eigenvalue weighted by molar-refractivity contribution is 0.0560. The summed E-state index contributed by atoms with van der Waals surface area (Å²) in [7, 11) is 0. The normalized spacial score (nSPS) is 30.0. The van der Waals surface area contributed by atoms with Crippen LogP contribution in [0.1, 0.15) is 49.3 Å². The Morgan fingerprint density at radius 1 is 1.25 bits per heavy atom. The summed E-state index contributed by atoms with van der Waals surface area (Å²) in [4.78, 5) is 28.3. The number of nitrogens with zero attached hydrogens (tertiary/aromatic N) is 2. The van der Waals surface area contributed by atoms with Crippen LogP contribution in [0, 0.1) is 18.7 Å². The lowest BCUT2D eigenvalue weighted by Crippen LogP contribution is -2.32. The van der Waals surface area contributed by atoms with E-state index in [0.717, 1.165) is 0 Å². The molecule has 4 unspecified atom stereocenters. The number of alkyl halides is 3. The molecule has 0 bridgehead atoms. The molecule has 2 aliphatic carbocycles. The maximum Gasteiger partial charge on any atom is 0.329 e. The van der Waals surface area contributed by atoms with Crippen LogP contribution in [0.25, 0.3) is 10.9 Å². The first-order valence-electron chi connectivity index (χ1n) is 10.6. The lowest BCUT2D eigenvalue weighted by atomic mass is 9.97. The number of aromatic nitrogens is 2. The number of hydrogen-bond donors (Lipinski definition) is 3. The monoisotopic (exact) mass is 457 g/mol. The van der Waals surface area contributed by atoms with Crippen LogP contribution in [-0.2, 0) is 0 Å². The van der Waals surface area contributed by atoms with Gasteiger partial charge in [0.15, 0.2) is 5.82 Å². The Bertz CT molecular complexity index is 1220. The number of aliphatic hydroxyl groups is 2. The second kappa shape index (κ2) is 7.05. The van der Waals surface area contributed by atoms with Crippen molar-refractivity contribution in [3.05, 3.63) is 37.8 Å². The molecular weight excluding hydrogens is 434 g/mol. The first kappa shape index (κ1) is 21.4. The van der Waals surface area contributed by atoms with Crippen LogP contribution < -0.4 is 16.1 Å². The molecule has 5 rings (SSSR count). The van der Waals surface area contributed by atoms with E-state index in [-0.39, 0.29) is 48.7 Å². The number of hydrogen-bond acceptors (Lipinski definition) is 5. The Labute approximate surface area is 179 Å². The average Bonchev–Trinajstić information content (AvgIpc) is 3.58. The van der Waals surface area contributed by atoms with Crippen molar-refractivity contribution in [1.82, 2.24) is 9.55 Å². The van der Waals surface area contributed by atoms with Gasteiger partial charge >= 0.3 is 5.69 Å². The van der Waals surface area contributed by atoms with Crippen molar-refractivity contribution in [3.8, 4) is 0 Å². The van der Waals surface area contributed by atoms with Gasteiger partial charge in [0.05, 0.1) is 33.9 Å². The van der Waals surface area contributed by atoms with E-state index in [1.807, 2.05) is 4.98 Å². The first-order chi connectivity index (χ1) is 15.0. The number of fused-ring (bicyclic) bond motifs is 1. The van der Waals surface area contributed by atoms with Crippen LogP contribution in [0.4, 0.5) is 23.2 Å². The number of aromatic amines is 1. The van der Waals surface area contributed by atoms with Gasteiger partial charge in [-0.15, -0.1) is 0 Å². The highest BCUT2D eigenvalue weighted by atomic mass is 19.3.